The van der Waals surface area contributed by atoms with E-state index in [1.807, 2.05) is 48.3 Å². The summed E-state index contributed by atoms with van der Waals surface area (Å²) in [5.41, 5.74) is 2.81. The Kier molecular flexibility index (Phi) is 2.99. The molecular weight excluding hydrogens is 250 g/mol. The normalized spacial score (nSPS) is 10.7. The third kappa shape index (κ3) is 1.95. The Morgan fingerprint density at radius 1 is 1.10 bits per heavy atom. The topological polar surface area (TPSA) is 38.1 Å². The van der Waals surface area contributed by atoms with E-state index in [-0.39, 0.29) is 5.56 Å². The molecule has 20 heavy (non-hydrogen) atoms. The van der Waals surface area contributed by atoms with Crippen molar-refractivity contribution in [2.45, 2.75) is 0 Å². The van der Waals surface area contributed by atoms with Crippen LogP contribution < -0.4 is 10.5 Å². The van der Waals surface area contributed by atoms with Gasteiger partial charge in [-0.2, -0.15) is 0 Å². The predicted octanol–water partition coefficient (Wildman–Crippen LogP) is 2.70. The second kappa shape index (κ2) is 4.81. The molecule has 0 N–H and O–H groups in total. The minimum absolute atomic E-state index is 0.0143. The van der Waals surface area contributed by atoms with Gasteiger partial charge in [0.2, 0.25) is 0 Å². The Balaban J connectivity index is 2.27. The molecule has 4 heteroatoms. The van der Waals surface area contributed by atoms with Crippen LogP contribution in [0, 0.1) is 0 Å². The molecule has 0 fully saturated rings. The minimum atomic E-state index is -0.0143. The highest BCUT2D eigenvalue weighted by atomic mass is 16.1. The standard InChI is InChI=1S/C16H15N3O/c1-18(12-7-9-17-10-8-12)15-11-16(20)19(2)14-6-4-3-5-13(14)15/h3-11H,1-2H3. The lowest BCUT2D eigenvalue weighted by Gasteiger charge is -2.21. The van der Waals surface area contributed by atoms with Gasteiger partial charge in [0.25, 0.3) is 5.56 Å². The Bertz CT molecular complexity index is 809. The quantitative estimate of drug-likeness (QED) is 0.715. The van der Waals surface area contributed by atoms with Crippen molar-refractivity contribution >= 4 is 22.3 Å². The summed E-state index contributed by atoms with van der Waals surface area (Å²) >= 11 is 0. The van der Waals surface area contributed by atoms with Crippen LogP contribution in [-0.2, 0) is 7.05 Å². The maximum Gasteiger partial charge on any atom is 0.252 e. The maximum atomic E-state index is 12.1. The summed E-state index contributed by atoms with van der Waals surface area (Å²) in [6, 6.07) is 13.4. The van der Waals surface area contributed by atoms with Gasteiger partial charge in [0.15, 0.2) is 0 Å². The summed E-state index contributed by atoms with van der Waals surface area (Å²) in [7, 11) is 3.75. The summed E-state index contributed by atoms with van der Waals surface area (Å²) in [5, 5.41) is 1.05. The number of hydrogen-bond donors (Lipinski definition) is 0. The fourth-order valence-corrected chi connectivity index (χ4v) is 2.38. The Morgan fingerprint density at radius 2 is 1.80 bits per heavy atom. The van der Waals surface area contributed by atoms with Gasteiger partial charge >= 0.3 is 0 Å². The molecule has 0 bridgehead atoms. The van der Waals surface area contributed by atoms with E-state index in [2.05, 4.69) is 4.98 Å². The monoisotopic (exact) mass is 265 g/mol. The zero-order valence-electron chi connectivity index (χ0n) is 11.4. The van der Waals surface area contributed by atoms with Crippen molar-refractivity contribution in [2.75, 3.05) is 11.9 Å². The van der Waals surface area contributed by atoms with Gasteiger partial charge in [-0.1, -0.05) is 18.2 Å². The van der Waals surface area contributed by atoms with Gasteiger partial charge in [0, 0.05) is 43.6 Å². The van der Waals surface area contributed by atoms with Crippen molar-refractivity contribution in [3.05, 3.63) is 65.2 Å². The minimum Gasteiger partial charge on any atom is -0.344 e. The van der Waals surface area contributed by atoms with Crippen LogP contribution in [0.4, 0.5) is 11.4 Å². The maximum absolute atomic E-state index is 12.1. The largest absolute Gasteiger partial charge is 0.344 e. The number of aryl methyl sites for hydroxylation is 1. The first-order valence-electron chi connectivity index (χ1n) is 6.41. The number of pyridine rings is 2. The number of benzene rings is 1. The molecule has 0 aliphatic rings. The molecule has 100 valence electrons. The molecule has 3 aromatic rings. The van der Waals surface area contributed by atoms with Gasteiger partial charge in [-0.3, -0.25) is 9.78 Å². The van der Waals surface area contributed by atoms with Crippen LogP contribution in [-0.4, -0.2) is 16.6 Å². The van der Waals surface area contributed by atoms with Crippen molar-refractivity contribution in [3.63, 3.8) is 0 Å². The van der Waals surface area contributed by atoms with E-state index < -0.39 is 0 Å². The fraction of sp³-hybridized carbons (Fsp3) is 0.125. The molecule has 0 aliphatic carbocycles. The van der Waals surface area contributed by atoms with E-state index in [9.17, 15) is 4.79 Å². The lowest BCUT2D eigenvalue weighted by Crippen LogP contribution is -2.20. The fourth-order valence-electron chi connectivity index (χ4n) is 2.38. The molecule has 0 unspecified atom stereocenters. The number of para-hydroxylation sites is 1. The summed E-state index contributed by atoms with van der Waals surface area (Å²) in [6.45, 7) is 0. The van der Waals surface area contributed by atoms with Gasteiger partial charge in [-0.15, -0.1) is 0 Å². The lowest BCUT2D eigenvalue weighted by molar-refractivity contribution is 0.904. The van der Waals surface area contributed by atoms with Crippen LogP contribution in [0.25, 0.3) is 10.9 Å². The molecule has 4 nitrogen and oxygen atoms in total. The van der Waals surface area contributed by atoms with Crippen LogP contribution in [0.15, 0.2) is 59.7 Å². The third-order valence-electron chi connectivity index (χ3n) is 3.54. The number of aromatic nitrogens is 2. The van der Waals surface area contributed by atoms with Gasteiger partial charge in [-0.25, -0.2) is 0 Å². The van der Waals surface area contributed by atoms with Crippen LogP contribution in [0.5, 0.6) is 0 Å². The zero-order valence-corrected chi connectivity index (χ0v) is 11.4. The Labute approximate surface area is 116 Å². The predicted molar refractivity (Wildman–Crippen MR) is 81.5 cm³/mol. The molecule has 0 saturated carbocycles. The first-order valence-corrected chi connectivity index (χ1v) is 6.41. The average molecular weight is 265 g/mol. The van der Waals surface area contributed by atoms with Crippen molar-refractivity contribution in [1.82, 2.24) is 9.55 Å². The summed E-state index contributed by atoms with van der Waals surface area (Å²) in [6.07, 6.45) is 3.49. The highest BCUT2D eigenvalue weighted by molar-refractivity contribution is 5.93. The molecule has 3 rings (SSSR count). The van der Waals surface area contributed by atoms with Gasteiger partial charge < -0.3 is 9.47 Å². The molecule has 0 aliphatic heterocycles. The Hall–Kier alpha value is -2.62. The summed E-state index contributed by atoms with van der Waals surface area (Å²) < 4.78 is 1.67. The third-order valence-corrected chi connectivity index (χ3v) is 3.54. The molecule has 2 aromatic heterocycles. The Morgan fingerprint density at radius 3 is 2.55 bits per heavy atom. The van der Waals surface area contributed by atoms with E-state index in [4.69, 9.17) is 0 Å². The molecular formula is C16H15N3O. The molecule has 0 saturated heterocycles. The first kappa shape index (κ1) is 12.4. The SMILES string of the molecule is CN(c1ccncc1)c1cc(=O)n(C)c2ccccc12. The van der Waals surface area contributed by atoms with Crippen molar-refractivity contribution < 1.29 is 0 Å². The van der Waals surface area contributed by atoms with Gasteiger partial charge in [0.05, 0.1) is 11.2 Å². The first-order chi connectivity index (χ1) is 9.68. The van der Waals surface area contributed by atoms with Gasteiger partial charge in [0.1, 0.15) is 0 Å². The van der Waals surface area contributed by atoms with E-state index in [1.54, 1.807) is 30.1 Å². The summed E-state index contributed by atoms with van der Waals surface area (Å²) in [4.78, 5) is 18.1. The summed E-state index contributed by atoms with van der Waals surface area (Å²) in [5.74, 6) is 0. The zero-order chi connectivity index (χ0) is 14.1. The van der Waals surface area contributed by atoms with Crippen LogP contribution in [0.2, 0.25) is 0 Å². The molecule has 2 heterocycles. The van der Waals surface area contributed by atoms with E-state index >= 15 is 0 Å². The number of rotatable bonds is 2. The van der Waals surface area contributed by atoms with Crippen LogP contribution >= 0.6 is 0 Å². The van der Waals surface area contributed by atoms with Crippen molar-refractivity contribution in [2.24, 2.45) is 7.05 Å². The molecule has 0 amide bonds. The second-order valence-corrected chi connectivity index (χ2v) is 4.71. The highest BCUT2D eigenvalue weighted by Gasteiger charge is 2.11. The van der Waals surface area contributed by atoms with E-state index in [1.165, 1.54) is 0 Å². The van der Waals surface area contributed by atoms with Crippen molar-refractivity contribution in [1.29, 1.82) is 0 Å². The smallest absolute Gasteiger partial charge is 0.252 e. The van der Waals surface area contributed by atoms with Crippen molar-refractivity contribution in [3.8, 4) is 0 Å². The number of fused-ring (bicyclic) bond motifs is 1. The number of hydrogen-bond acceptors (Lipinski definition) is 3. The molecule has 1 aromatic carbocycles. The highest BCUT2D eigenvalue weighted by Crippen LogP contribution is 2.28. The number of anilines is 2. The lowest BCUT2D eigenvalue weighted by atomic mass is 10.1. The molecule has 0 spiro atoms. The van der Waals surface area contributed by atoms with E-state index in [0.29, 0.717) is 0 Å². The average Bonchev–Trinajstić information content (AvgIpc) is 2.51. The second-order valence-electron chi connectivity index (χ2n) is 4.71. The van der Waals surface area contributed by atoms with Gasteiger partial charge in [-0.05, 0) is 18.2 Å². The van der Waals surface area contributed by atoms with E-state index in [0.717, 1.165) is 22.3 Å². The molecule has 0 atom stereocenters. The molecule has 0 radical (unpaired) electrons. The number of nitrogens with zero attached hydrogens (tertiary/aromatic N) is 3. The van der Waals surface area contributed by atoms with Crippen LogP contribution in [0.3, 0.4) is 0 Å². The van der Waals surface area contributed by atoms with Crippen LogP contribution in [0.1, 0.15) is 0 Å².